The van der Waals surface area contributed by atoms with E-state index in [1.807, 2.05) is 0 Å². The third-order valence-electron chi connectivity index (χ3n) is 1.20. The minimum Gasteiger partial charge on any atom is -0.463 e. The first kappa shape index (κ1) is 14.9. The minimum absolute atomic E-state index is 0.176. The van der Waals surface area contributed by atoms with Crippen molar-refractivity contribution in [1.82, 2.24) is 0 Å². The predicted octanol–water partition coefficient (Wildman–Crippen LogP) is 0.879. The summed E-state index contributed by atoms with van der Waals surface area (Å²) in [5.74, 6) is -0.659. The Morgan fingerprint density at radius 3 is 1.53 bits per heavy atom. The molecular formula is C8H12Br2O5. The van der Waals surface area contributed by atoms with Gasteiger partial charge in [-0.15, -0.1) is 0 Å². The van der Waals surface area contributed by atoms with Gasteiger partial charge in [-0.2, -0.15) is 0 Å². The van der Waals surface area contributed by atoms with Crippen LogP contribution in [0.4, 0.5) is 0 Å². The van der Waals surface area contributed by atoms with Gasteiger partial charge in [-0.25, -0.2) is 0 Å². The van der Waals surface area contributed by atoms with Gasteiger partial charge in [0.25, 0.3) is 0 Å². The average Bonchev–Trinajstić information content (AvgIpc) is 2.26. The van der Waals surface area contributed by atoms with Gasteiger partial charge in [0.2, 0.25) is 0 Å². The van der Waals surface area contributed by atoms with Crippen LogP contribution in [-0.2, 0) is 23.8 Å². The summed E-state index contributed by atoms with van der Waals surface area (Å²) in [6.07, 6.45) is 0. The van der Waals surface area contributed by atoms with Crippen LogP contribution >= 0.6 is 31.9 Å². The van der Waals surface area contributed by atoms with E-state index in [2.05, 4.69) is 31.9 Å². The summed E-state index contributed by atoms with van der Waals surface area (Å²) >= 11 is 5.91. The van der Waals surface area contributed by atoms with Gasteiger partial charge < -0.3 is 14.2 Å². The van der Waals surface area contributed by atoms with Gasteiger partial charge in [0, 0.05) is 0 Å². The fourth-order valence-electron chi connectivity index (χ4n) is 0.608. The Balaban J connectivity index is 3.11. The largest absolute Gasteiger partial charge is 0.463 e. The average molecular weight is 348 g/mol. The molecule has 0 aliphatic rings. The fraction of sp³-hybridized carbons (Fsp3) is 0.750. The molecule has 0 aliphatic carbocycles. The fourth-order valence-corrected chi connectivity index (χ4v) is 0.932. The summed E-state index contributed by atoms with van der Waals surface area (Å²) < 4.78 is 14.5. The topological polar surface area (TPSA) is 61.8 Å². The molecule has 0 amide bonds. The highest BCUT2D eigenvalue weighted by Crippen LogP contribution is 1.88. The number of rotatable bonds is 8. The zero-order valence-corrected chi connectivity index (χ0v) is 11.2. The molecule has 15 heavy (non-hydrogen) atoms. The number of carbonyl (C=O) groups is 2. The maximum absolute atomic E-state index is 10.6. The summed E-state index contributed by atoms with van der Waals surface area (Å²) in [4.78, 5) is 21.3. The summed E-state index contributed by atoms with van der Waals surface area (Å²) in [6, 6.07) is 0. The molecule has 0 aromatic heterocycles. The Morgan fingerprint density at radius 2 is 1.20 bits per heavy atom. The monoisotopic (exact) mass is 346 g/mol. The summed E-state index contributed by atoms with van der Waals surface area (Å²) in [5, 5.41) is 0.353. The lowest BCUT2D eigenvalue weighted by atomic mass is 10.7. The number of alkyl halides is 2. The van der Waals surface area contributed by atoms with Gasteiger partial charge in [-0.1, -0.05) is 31.9 Å². The molecule has 0 unspecified atom stereocenters. The highest BCUT2D eigenvalue weighted by atomic mass is 79.9. The Kier molecular flexibility index (Phi) is 10.3. The van der Waals surface area contributed by atoms with Crippen molar-refractivity contribution in [3.8, 4) is 0 Å². The molecule has 0 aromatic rings. The number of hydrogen-bond acceptors (Lipinski definition) is 5. The van der Waals surface area contributed by atoms with Crippen molar-refractivity contribution >= 4 is 43.8 Å². The summed E-state index contributed by atoms with van der Waals surface area (Å²) in [6.45, 7) is 1.00. The van der Waals surface area contributed by atoms with E-state index in [0.717, 1.165) is 0 Å². The number of hydrogen-bond donors (Lipinski definition) is 0. The van der Waals surface area contributed by atoms with E-state index in [9.17, 15) is 9.59 Å². The third kappa shape index (κ3) is 10.1. The van der Waals surface area contributed by atoms with Crippen molar-refractivity contribution in [2.75, 3.05) is 37.1 Å². The zero-order valence-electron chi connectivity index (χ0n) is 8.04. The lowest BCUT2D eigenvalue weighted by Gasteiger charge is -2.05. The van der Waals surface area contributed by atoms with Crippen molar-refractivity contribution in [2.24, 2.45) is 0 Å². The molecule has 0 saturated carbocycles. The van der Waals surface area contributed by atoms with Crippen molar-refractivity contribution in [3.05, 3.63) is 0 Å². The van der Waals surface area contributed by atoms with Crippen molar-refractivity contribution in [3.63, 3.8) is 0 Å². The van der Waals surface area contributed by atoms with Gasteiger partial charge in [0.1, 0.15) is 23.9 Å². The Labute approximate surface area is 105 Å². The van der Waals surface area contributed by atoms with Crippen LogP contribution in [0.25, 0.3) is 0 Å². The summed E-state index contributed by atoms with van der Waals surface area (Å²) in [7, 11) is 0. The molecule has 0 bridgehead atoms. The lowest BCUT2D eigenvalue weighted by Crippen LogP contribution is -2.15. The quantitative estimate of drug-likeness (QED) is 0.370. The molecule has 0 rings (SSSR count). The van der Waals surface area contributed by atoms with Crippen LogP contribution in [0.1, 0.15) is 0 Å². The first-order valence-electron chi connectivity index (χ1n) is 4.21. The highest BCUT2D eigenvalue weighted by Gasteiger charge is 2.00. The van der Waals surface area contributed by atoms with Crippen LogP contribution in [0.2, 0.25) is 0 Å². The molecule has 0 saturated heterocycles. The van der Waals surface area contributed by atoms with Crippen LogP contribution in [0.15, 0.2) is 0 Å². The van der Waals surface area contributed by atoms with E-state index in [1.54, 1.807) is 0 Å². The van der Waals surface area contributed by atoms with Gasteiger partial charge in [-0.3, -0.25) is 9.59 Å². The van der Waals surface area contributed by atoms with Crippen LogP contribution in [0.5, 0.6) is 0 Å². The minimum atomic E-state index is -0.329. The molecule has 0 aliphatic heterocycles. The third-order valence-corrected chi connectivity index (χ3v) is 2.12. The Hall–Kier alpha value is -0.140. The SMILES string of the molecule is O=C(CBr)OCCOCCOC(=O)CBr. The van der Waals surface area contributed by atoms with Crippen LogP contribution in [0.3, 0.4) is 0 Å². The number of halogens is 2. The second-order valence-electron chi connectivity index (χ2n) is 2.32. The van der Waals surface area contributed by atoms with Gasteiger partial charge in [0.15, 0.2) is 0 Å². The van der Waals surface area contributed by atoms with E-state index in [0.29, 0.717) is 13.2 Å². The molecule has 0 aromatic carbocycles. The molecular weight excluding hydrogens is 336 g/mol. The standard InChI is InChI=1S/C8H12Br2O5/c9-5-7(11)14-3-1-13-2-4-15-8(12)6-10/h1-6H2. The van der Waals surface area contributed by atoms with E-state index < -0.39 is 0 Å². The van der Waals surface area contributed by atoms with Crippen molar-refractivity contribution in [2.45, 2.75) is 0 Å². The molecule has 0 heterocycles. The first-order valence-corrected chi connectivity index (χ1v) is 6.46. The molecule has 0 radical (unpaired) electrons. The van der Waals surface area contributed by atoms with Crippen molar-refractivity contribution in [1.29, 1.82) is 0 Å². The zero-order chi connectivity index (χ0) is 11.5. The first-order chi connectivity index (χ1) is 7.20. The van der Waals surface area contributed by atoms with E-state index >= 15 is 0 Å². The second-order valence-corrected chi connectivity index (χ2v) is 3.44. The molecule has 0 fully saturated rings. The van der Waals surface area contributed by atoms with Gasteiger partial charge in [-0.05, 0) is 0 Å². The van der Waals surface area contributed by atoms with E-state index in [-0.39, 0.29) is 35.8 Å². The molecule has 0 atom stereocenters. The molecule has 7 heteroatoms. The lowest BCUT2D eigenvalue weighted by molar-refractivity contribution is -0.143. The normalized spacial score (nSPS) is 9.73. The Bertz CT molecular complexity index is 177. The summed E-state index contributed by atoms with van der Waals surface area (Å²) in [5.41, 5.74) is 0. The maximum atomic E-state index is 10.6. The van der Waals surface area contributed by atoms with E-state index in [4.69, 9.17) is 14.2 Å². The van der Waals surface area contributed by atoms with Crippen LogP contribution in [0, 0.1) is 0 Å². The molecule has 0 spiro atoms. The van der Waals surface area contributed by atoms with Gasteiger partial charge in [0.05, 0.1) is 13.2 Å². The van der Waals surface area contributed by atoms with Gasteiger partial charge >= 0.3 is 11.9 Å². The smallest absolute Gasteiger partial charge is 0.316 e. The number of esters is 2. The molecule has 88 valence electrons. The Morgan fingerprint density at radius 1 is 0.800 bits per heavy atom. The molecule has 5 nitrogen and oxygen atoms in total. The maximum Gasteiger partial charge on any atom is 0.316 e. The van der Waals surface area contributed by atoms with Crippen LogP contribution in [-0.4, -0.2) is 49.0 Å². The second kappa shape index (κ2) is 10.4. The number of ether oxygens (including phenoxy) is 3. The van der Waals surface area contributed by atoms with Crippen LogP contribution < -0.4 is 0 Å². The number of carbonyl (C=O) groups excluding carboxylic acids is 2. The molecule has 0 N–H and O–H groups in total. The van der Waals surface area contributed by atoms with Crippen molar-refractivity contribution < 1.29 is 23.8 Å². The van der Waals surface area contributed by atoms with E-state index in [1.165, 1.54) is 0 Å². The predicted molar refractivity (Wildman–Crippen MR) is 60.3 cm³/mol. The highest BCUT2D eigenvalue weighted by molar-refractivity contribution is 9.09.